The summed E-state index contributed by atoms with van der Waals surface area (Å²) in [4.78, 5) is 0. The van der Waals surface area contributed by atoms with Gasteiger partial charge in [0.15, 0.2) is 19.8 Å². The number of hydrogen-bond donors (Lipinski definition) is 2. The number of halogens is 2. The minimum atomic E-state index is -3.23. The maximum Gasteiger partial charge on any atom is 0.259 e. The fourth-order valence-corrected chi connectivity index (χ4v) is 8.24. The molecule has 11 nitrogen and oxygen atoms in total. The van der Waals surface area contributed by atoms with Gasteiger partial charge in [-0.25, -0.2) is 13.5 Å². The lowest BCUT2D eigenvalue weighted by molar-refractivity contribution is 0.0162. The molecule has 0 aliphatic carbocycles. The van der Waals surface area contributed by atoms with Gasteiger partial charge >= 0.3 is 0 Å². The van der Waals surface area contributed by atoms with Crippen LogP contribution in [-0.2, 0) is 27.6 Å². The van der Waals surface area contributed by atoms with E-state index in [4.69, 9.17) is 38.1 Å². The van der Waals surface area contributed by atoms with Crippen molar-refractivity contribution in [1.82, 2.24) is 15.1 Å². The van der Waals surface area contributed by atoms with Crippen LogP contribution >= 0.6 is 16.0 Å². The van der Waals surface area contributed by atoms with Crippen molar-refractivity contribution in [2.75, 3.05) is 33.4 Å². The zero-order valence-corrected chi connectivity index (χ0v) is 27.0. The molecular formula is C26H47F2N5O6P2. The van der Waals surface area contributed by atoms with Crippen LogP contribution in [0.15, 0.2) is 0 Å². The Morgan fingerprint density at radius 2 is 1.49 bits per heavy atom. The van der Waals surface area contributed by atoms with Crippen LogP contribution in [0.2, 0.25) is 0 Å². The van der Waals surface area contributed by atoms with Crippen LogP contribution in [0.25, 0.3) is 0 Å². The summed E-state index contributed by atoms with van der Waals surface area (Å²) in [5.41, 5.74) is 0. The van der Waals surface area contributed by atoms with Crippen molar-refractivity contribution in [2.24, 2.45) is 0 Å². The van der Waals surface area contributed by atoms with Crippen LogP contribution < -0.4 is 10.4 Å². The van der Waals surface area contributed by atoms with Crippen molar-refractivity contribution in [3.63, 3.8) is 0 Å². The molecule has 0 aromatic rings. The normalized spacial score (nSPS) is 32.3. The summed E-state index contributed by atoms with van der Waals surface area (Å²) in [5, 5.41) is 24.1. The number of alkyl halides is 2. The van der Waals surface area contributed by atoms with Crippen molar-refractivity contribution in [2.45, 2.75) is 115 Å². The van der Waals surface area contributed by atoms with Crippen LogP contribution in [-0.4, -0.2) is 105 Å². The lowest BCUT2D eigenvalue weighted by Crippen LogP contribution is -2.42. The van der Waals surface area contributed by atoms with Crippen molar-refractivity contribution in [1.29, 1.82) is 10.5 Å². The van der Waals surface area contributed by atoms with Crippen LogP contribution in [0.1, 0.15) is 54.4 Å². The number of nitriles is 2. The first-order valence-electron chi connectivity index (χ1n) is 14.1. The fraction of sp³-hybridized carbons (Fsp3) is 0.885. The Kier molecular flexibility index (Phi) is 15.5. The second kappa shape index (κ2) is 17.5. The monoisotopic (exact) mass is 625 g/mol. The van der Waals surface area contributed by atoms with Crippen LogP contribution in [0, 0.1) is 22.7 Å². The fourth-order valence-electron chi connectivity index (χ4n) is 4.76. The van der Waals surface area contributed by atoms with E-state index in [1.807, 2.05) is 38.4 Å². The van der Waals surface area contributed by atoms with Gasteiger partial charge in [-0.1, -0.05) is 0 Å². The highest BCUT2D eigenvalue weighted by molar-refractivity contribution is 7.62. The number of ether oxygens (including phenoxy) is 2. The van der Waals surface area contributed by atoms with Crippen molar-refractivity contribution >= 4 is 22.3 Å². The van der Waals surface area contributed by atoms with Gasteiger partial charge in [-0.15, -0.1) is 0 Å². The number of rotatable bonds is 18. The molecule has 0 spiro atoms. The molecule has 0 saturated carbocycles. The largest absolute Gasteiger partial charge is 0.368 e. The van der Waals surface area contributed by atoms with E-state index in [9.17, 15) is 0 Å². The van der Waals surface area contributed by atoms with Crippen molar-refractivity contribution in [3.05, 3.63) is 0 Å². The smallest absolute Gasteiger partial charge is 0.259 e. The average molecular weight is 626 g/mol. The summed E-state index contributed by atoms with van der Waals surface area (Å²) in [6.45, 7) is 11.8. The highest BCUT2D eigenvalue weighted by Gasteiger charge is 2.48. The first kappa shape index (κ1) is 36.4. The topological polar surface area (TPSA) is 130 Å². The number of likely N-dealkylation sites (N-methyl/N-ethyl adjacent to an activating group) is 1. The van der Waals surface area contributed by atoms with Gasteiger partial charge in [-0.2, -0.15) is 10.5 Å². The standard InChI is InChI=1S/C26H47F2N5O6P2/c1-17(2)33(18(3)4)40(34-13-9-11-29)38-25-22(37-19(5)23(25)27)16-32-41(8,35-14-10-12-30)39-26-21(15-31-7)36-20(6)24(26)28/h17-26,31-32H,8-10,13-16H2,1-7H3/t19-,20-,21+,22+,23+,24+,25?,26?,40?,41?/m0/s1. The minimum absolute atomic E-state index is 0.0148. The number of hydrogen-bond acceptors (Lipinski definition) is 11. The summed E-state index contributed by atoms with van der Waals surface area (Å²) in [6, 6.07) is 4.13. The molecule has 0 aromatic carbocycles. The lowest BCUT2D eigenvalue weighted by Gasteiger charge is -2.38. The molecule has 2 saturated heterocycles. The molecule has 2 N–H and O–H groups in total. The van der Waals surface area contributed by atoms with Gasteiger partial charge in [0.1, 0.15) is 18.3 Å². The molecule has 2 aliphatic rings. The molecule has 15 heteroatoms. The van der Waals surface area contributed by atoms with E-state index < -0.39 is 65.0 Å². The summed E-state index contributed by atoms with van der Waals surface area (Å²) in [7, 11) is -3.22. The van der Waals surface area contributed by atoms with Crippen molar-refractivity contribution < 1.29 is 36.3 Å². The van der Waals surface area contributed by atoms with Crippen molar-refractivity contribution in [3.8, 4) is 12.1 Å². The highest BCUT2D eigenvalue weighted by Crippen LogP contribution is 2.51. The summed E-state index contributed by atoms with van der Waals surface area (Å²) in [6.07, 6.45) is -3.25. The number of nitrogens with zero attached hydrogens (tertiary/aromatic N) is 3. The van der Waals surface area contributed by atoms with Gasteiger partial charge in [0.05, 0.1) is 56.5 Å². The first-order valence-corrected chi connectivity index (χ1v) is 17.0. The Morgan fingerprint density at radius 3 is 2.02 bits per heavy atom. The van der Waals surface area contributed by atoms with Gasteiger partial charge in [0.2, 0.25) is 0 Å². The minimum Gasteiger partial charge on any atom is -0.368 e. The predicted molar refractivity (Wildman–Crippen MR) is 156 cm³/mol. The molecule has 10 atom stereocenters. The molecule has 236 valence electrons. The Hall–Kier alpha value is -0.790. The van der Waals surface area contributed by atoms with Crippen LogP contribution in [0.4, 0.5) is 8.78 Å². The summed E-state index contributed by atoms with van der Waals surface area (Å²) in [5.74, 6) is 0. The van der Waals surface area contributed by atoms with E-state index in [0.29, 0.717) is 6.54 Å². The van der Waals surface area contributed by atoms with Gasteiger partial charge in [0, 0.05) is 25.2 Å². The Bertz CT molecular complexity index is 918. The maximum absolute atomic E-state index is 15.5. The third-order valence-electron chi connectivity index (χ3n) is 6.65. The molecule has 4 unspecified atom stereocenters. The molecule has 0 aromatic heterocycles. The highest BCUT2D eigenvalue weighted by atomic mass is 31.2. The molecule has 2 fully saturated rings. The van der Waals surface area contributed by atoms with E-state index in [2.05, 4.69) is 22.8 Å². The second-order valence-corrected chi connectivity index (χ2v) is 14.2. The quantitative estimate of drug-likeness (QED) is 0.168. The van der Waals surface area contributed by atoms with E-state index >= 15 is 8.78 Å². The Labute approximate surface area is 245 Å². The first-order chi connectivity index (χ1) is 19.4. The van der Waals surface area contributed by atoms with Crippen LogP contribution in [0.5, 0.6) is 0 Å². The Morgan fingerprint density at radius 1 is 0.951 bits per heavy atom. The number of nitrogens with one attached hydrogen (secondary N) is 2. The molecular weight excluding hydrogens is 578 g/mol. The third kappa shape index (κ3) is 10.4. The molecule has 0 amide bonds. The summed E-state index contributed by atoms with van der Waals surface area (Å²) >= 11 is 0. The van der Waals surface area contributed by atoms with Gasteiger partial charge in [-0.3, -0.25) is 5.09 Å². The van der Waals surface area contributed by atoms with Gasteiger partial charge in [0.25, 0.3) is 8.53 Å². The molecule has 0 radical (unpaired) electrons. The lowest BCUT2D eigenvalue weighted by atomic mass is 10.1. The van der Waals surface area contributed by atoms with Crippen LogP contribution in [0.3, 0.4) is 0 Å². The SMILES string of the molecule is C=P(NC[C@H]1O[C@@H](C)[C@@H](F)C1OP(OCCC#N)N(C(C)C)C(C)C)(OCCC#N)OC1[C@@H](CNC)O[C@@H](C)[C@H]1F. The predicted octanol–water partition coefficient (Wildman–Crippen LogP) is 4.22. The van der Waals surface area contributed by atoms with Gasteiger partial charge < -0.3 is 32.9 Å². The molecule has 2 aliphatic heterocycles. The zero-order valence-electron chi connectivity index (χ0n) is 25.2. The Balaban J connectivity index is 2.24. The van der Waals surface area contributed by atoms with Gasteiger partial charge in [-0.05, 0) is 54.9 Å². The molecule has 2 heterocycles. The van der Waals surface area contributed by atoms with E-state index in [0.717, 1.165) is 0 Å². The molecule has 2 rings (SSSR count). The molecule has 41 heavy (non-hydrogen) atoms. The maximum atomic E-state index is 15.5. The zero-order chi connectivity index (χ0) is 30.7. The van der Waals surface area contributed by atoms with E-state index in [1.54, 1.807) is 20.9 Å². The van der Waals surface area contributed by atoms with E-state index in [-0.39, 0.29) is 44.7 Å². The average Bonchev–Trinajstić information content (AvgIpc) is 3.32. The summed E-state index contributed by atoms with van der Waals surface area (Å²) < 4.78 is 68.6. The van der Waals surface area contributed by atoms with E-state index in [1.165, 1.54) is 0 Å². The second-order valence-electron chi connectivity index (χ2n) is 10.7. The third-order valence-corrected chi connectivity index (χ3v) is 10.6. The molecule has 0 bridgehead atoms.